The summed E-state index contributed by atoms with van der Waals surface area (Å²) in [4.78, 5) is 32.4. The van der Waals surface area contributed by atoms with Crippen molar-refractivity contribution in [3.63, 3.8) is 0 Å². The Morgan fingerprint density at radius 3 is 2.79 bits per heavy atom. The zero-order chi connectivity index (χ0) is 20.1. The molecule has 0 spiro atoms. The van der Waals surface area contributed by atoms with Crippen LogP contribution in [0.25, 0.3) is 21.1 Å². The first kappa shape index (κ1) is 17.8. The van der Waals surface area contributed by atoms with E-state index in [0.29, 0.717) is 51.1 Å². The molecule has 3 heterocycles. The highest BCUT2D eigenvalue weighted by molar-refractivity contribution is 7.71. The van der Waals surface area contributed by atoms with Gasteiger partial charge in [-0.15, -0.1) is 0 Å². The highest BCUT2D eigenvalue weighted by Crippen LogP contribution is 2.37. The van der Waals surface area contributed by atoms with Gasteiger partial charge in [-0.1, -0.05) is 11.3 Å². The van der Waals surface area contributed by atoms with Gasteiger partial charge in [0, 0.05) is 24.7 Å². The van der Waals surface area contributed by atoms with E-state index in [-0.39, 0.29) is 11.5 Å². The Kier molecular flexibility index (Phi) is 4.10. The van der Waals surface area contributed by atoms with Crippen LogP contribution < -0.4 is 20.3 Å². The van der Waals surface area contributed by atoms with Crippen molar-refractivity contribution in [3.05, 3.63) is 51.0 Å². The van der Waals surface area contributed by atoms with Gasteiger partial charge in [-0.3, -0.25) is 19.5 Å². The van der Waals surface area contributed by atoms with Crippen LogP contribution in [-0.4, -0.2) is 33.7 Å². The standard InChI is InChI=1S/C19H14N4O4S2/c1-23-17(25)10-3-2-9(6-11(10)21-19(23)28)16(24)22-18-20-12-7-13-14(8-15(12)29-18)27-5-4-26-13/h2-3,6-8H,4-5H2,1H3,(H,21,28)(H,20,22,24). The summed E-state index contributed by atoms with van der Waals surface area (Å²) in [6, 6.07) is 8.49. The first-order valence-electron chi connectivity index (χ1n) is 8.74. The molecule has 2 N–H and O–H groups in total. The van der Waals surface area contributed by atoms with Gasteiger partial charge in [0.05, 0.1) is 21.1 Å². The van der Waals surface area contributed by atoms with Gasteiger partial charge in [-0.05, 0) is 30.4 Å². The minimum absolute atomic E-state index is 0.213. The lowest BCUT2D eigenvalue weighted by molar-refractivity contribution is 0.102. The van der Waals surface area contributed by atoms with E-state index in [1.165, 1.54) is 15.9 Å². The summed E-state index contributed by atoms with van der Waals surface area (Å²) in [5.41, 5.74) is 1.41. The van der Waals surface area contributed by atoms with Crippen LogP contribution in [0.1, 0.15) is 10.4 Å². The molecule has 4 aromatic rings. The number of carbonyl (C=O) groups excluding carboxylic acids is 1. The Hall–Kier alpha value is -3.24. The van der Waals surface area contributed by atoms with Gasteiger partial charge in [0.15, 0.2) is 21.4 Å². The number of ether oxygens (including phenoxy) is 2. The largest absolute Gasteiger partial charge is 0.486 e. The fraction of sp³-hybridized carbons (Fsp3) is 0.158. The average Bonchev–Trinajstić information content (AvgIpc) is 3.10. The van der Waals surface area contributed by atoms with E-state index in [1.807, 2.05) is 12.1 Å². The second kappa shape index (κ2) is 6.68. The van der Waals surface area contributed by atoms with Crippen LogP contribution in [-0.2, 0) is 7.05 Å². The Balaban J connectivity index is 1.47. The average molecular weight is 426 g/mol. The van der Waals surface area contributed by atoms with Gasteiger partial charge >= 0.3 is 0 Å². The molecule has 146 valence electrons. The molecular weight excluding hydrogens is 412 g/mol. The van der Waals surface area contributed by atoms with E-state index in [4.69, 9.17) is 21.7 Å². The number of H-pyrrole nitrogens is 1. The van der Waals surface area contributed by atoms with E-state index in [1.54, 1.807) is 25.2 Å². The molecule has 0 saturated heterocycles. The maximum atomic E-state index is 12.7. The van der Waals surface area contributed by atoms with Gasteiger partial charge in [-0.2, -0.15) is 0 Å². The number of hydrogen-bond donors (Lipinski definition) is 2. The van der Waals surface area contributed by atoms with Gasteiger partial charge in [0.2, 0.25) is 0 Å². The third-order valence-electron chi connectivity index (χ3n) is 4.64. The normalized spacial score (nSPS) is 13.0. The minimum Gasteiger partial charge on any atom is -0.486 e. The van der Waals surface area contributed by atoms with Crippen molar-refractivity contribution in [1.29, 1.82) is 0 Å². The van der Waals surface area contributed by atoms with Gasteiger partial charge in [0.1, 0.15) is 13.2 Å². The molecule has 0 unspecified atom stereocenters. The molecule has 0 fully saturated rings. The minimum atomic E-state index is -0.330. The topological polar surface area (TPSA) is 98.2 Å². The van der Waals surface area contributed by atoms with Crippen molar-refractivity contribution < 1.29 is 14.3 Å². The zero-order valence-electron chi connectivity index (χ0n) is 15.1. The maximum Gasteiger partial charge on any atom is 0.261 e. The number of hydrogen-bond acceptors (Lipinski definition) is 7. The number of fused-ring (bicyclic) bond motifs is 3. The van der Waals surface area contributed by atoms with Crippen molar-refractivity contribution in [1.82, 2.24) is 14.5 Å². The number of aromatic amines is 1. The molecule has 8 nitrogen and oxygen atoms in total. The van der Waals surface area contributed by atoms with Crippen LogP contribution in [0.15, 0.2) is 35.1 Å². The van der Waals surface area contributed by atoms with Crippen molar-refractivity contribution in [2.45, 2.75) is 0 Å². The third kappa shape index (κ3) is 3.06. The number of rotatable bonds is 2. The van der Waals surface area contributed by atoms with E-state index in [2.05, 4.69) is 15.3 Å². The fourth-order valence-corrected chi connectivity index (χ4v) is 4.20. The SMILES string of the molecule is Cn1c(=S)[nH]c2cc(C(=O)Nc3nc4cc5c(cc4s3)OCCO5)ccc2c1=O. The molecular formula is C19H14N4O4S2. The zero-order valence-corrected chi connectivity index (χ0v) is 16.8. The van der Waals surface area contributed by atoms with E-state index < -0.39 is 0 Å². The predicted molar refractivity (Wildman–Crippen MR) is 113 cm³/mol. The van der Waals surface area contributed by atoms with Crippen molar-refractivity contribution in [2.75, 3.05) is 18.5 Å². The Bertz CT molecular complexity index is 1380. The number of benzene rings is 2. The molecule has 1 amide bonds. The van der Waals surface area contributed by atoms with E-state index >= 15 is 0 Å². The van der Waals surface area contributed by atoms with Gasteiger partial charge in [-0.25, -0.2) is 4.98 Å². The molecule has 2 aromatic carbocycles. The summed E-state index contributed by atoms with van der Waals surface area (Å²) in [6.45, 7) is 1.01. The first-order chi connectivity index (χ1) is 14.0. The Labute approximate surface area is 172 Å². The molecule has 0 bridgehead atoms. The second-order valence-electron chi connectivity index (χ2n) is 6.49. The van der Waals surface area contributed by atoms with E-state index in [0.717, 1.165) is 10.2 Å². The summed E-state index contributed by atoms with van der Waals surface area (Å²) in [5.74, 6) is 0.998. The molecule has 1 aliphatic rings. The van der Waals surface area contributed by atoms with Crippen LogP contribution in [0, 0.1) is 4.77 Å². The highest BCUT2D eigenvalue weighted by Gasteiger charge is 2.17. The highest BCUT2D eigenvalue weighted by atomic mass is 32.1. The molecule has 1 aliphatic heterocycles. The fourth-order valence-electron chi connectivity index (χ4n) is 3.14. The number of anilines is 1. The quantitative estimate of drug-likeness (QED) is 0.478. The van der Waals surface area contributed by atoms with Crippen molar-refractivity contribution >= 4 is 55.7 Å². The van der Waals surface area contributed by atoms with Crippen LogP contribution in [0.3, 0.4) is 0 Å². The van der Waals surface area contributed by atoms with Crippen molar-refractivity contribution in [2.24, 2.45) is 7.05 Å². The summed E-state index contributed by atoms with van der Waals surface area (Å²) in [5, 5.41) is 3.73. The molecule has 10 heteroatoms. The maximum absolute atomic E-state index is 12.7. The summed E-state index contributed by atoms with van der Waals surface area (Å²) >= 11 is 6.49. The Morgan fingerprint density at radius 2 is 2.00 bits per heavy atom. The Morgan fingerprint density at radius 1 is 1.24 bits per heavy atom. The van der Waals surface area contributed by atoms with Crippen LogP contribution >= 0.6 is 23.6 Å². The van der Waals surface area contributed by atoms with E-state index in [9.17, 15) is 9.59 Å². The number of thiazole rings is 1. The lowest BCUT2D eigenvalue weighted by atomic mass is 10.1. The monoisotopic (exact) mass is 426 g/mol. The molecule has 0 radical (unpaired) electrons. The van der Waals surface area contributed by atoms with Crippen LogP contribution in [0.4, 0.5) is 5.13 Å². The molecule has 0 saturated carbocycles. The molecule has 0 atom stereocenters. The second-order valence-corrected chi connectivity index (χ2v) is 7.91. The summed E-state index contributed by atoms with van der Waals surface area (Å²) in [7, 11) is 1.60. The molecule has 2 aromatic heterocycles. The van der Waals surface area contributed by atoms with Gasteiger partial charge in [0.25, 0.3) is 11.5 Å². The third-order valence-corrected chi connectivity index (χ3v) is 5.95. The molecule has 29 heavy (non-hydrogen) atoms. The number of aromatic nitrogens is 3. The predicted octanol–water partition coefficient (Wildman–Crippen LogP) is 3.23. The number of amides is 1. The number of carbonyl (C=O) groups is 1. The number of nitrogens with zero attached hydrogens (tertiary/aromatic N) is 2. The summed E-state index contributed by atoms with van der Waals surface area (Å²) < 4.78 is 13.7. The molecule has 0 aliphatic carbocycles. The molecule has 5 rings (SSSR count). The summed E-state index contributed by atoms with van der Waals surface area (Å²) in [6.07, 6.45) is 0. The van der Waals surface area contributed by atoms with Crippen LogP contribution in [0.2, 0.25) is 0 Å². The van der Waals surface area contributed by atoms with Crippen LogP contribution in [0.5, 0.6) is 11.5 Å². The number of nitrogens with one attached hydrogen (secondary N) is 2. The smallest absolute Gasteiger partial charge is 0.261 e. The lowest BCUT2D eigenvalue weighted by Crippen LogP contribution is -2.19. The van der Waals surface area contributed by atoms with Gasteiger partial charge < -0.3 is 14.5 Å². The first-order valence-corrected chi connectivity index (χ1v) is 9.97. The van der Waals surface area contributed by atoms with Crippen molar-refractivity contribution in [3.8, 4) is 11.5 Å². The lowest BCUT2D eigenvalue weighted by Gasteiger charge is -2.17.